The van der Waals surface area contributed by atoms with Gasteiger partial charge in [-0.15, -0.1) is 0 Å². The molecule has 0 fully saturated rings. The molecule has 1 atom stereocenters. The van der Waals surface area contributed by atoms with E-state index in [1.807, 2.05) is 57.2 Å². The fourth-order valence-electron chi connectivity index (χ4n) is 3.26. The van der Waals surface area contributed by atoms with Crippen molar-refractivity contribution in [3.05, 3.63) is 95.1 Å². The van der Waals surface area contributed by atoms with Crippen molar-refractivity contribution in [2.45, 2.75) is 33.4 Å². The standard InChI is InChI=1S/C25H26N2O2/c1-17(2)15-24(28)26-16-19-11-13-21(14-12-19)25(29)27-18(3)22-10-6-8-20-7-4-5-9-23(20)22/h4-15,18H,16H2,1-3H3,(H,26,28)(H,27,29)/t18-/m0/s1. The molecule has 3 aromatic rings. The number of amides is 2. The lowest BCUT2D eigenvalue weighted by Crippen LogP contribution is -2.26. The van der Waals surface area contributed by atoms with Crippen molar-refractivity contribution >= 4 is 22.6 Å². The van der Waals surface area contributed by atoms with Gasteiger partial charge in [-0.1, -0.05) is 60.2 Å². The molecule has 0 radical (unpaired) electrons. The van der Waals surface area contributed by atoms with Crippen LogP contribution in [-0.4, -0.2) is 11.8 Å². The molecule has 0 aliphatic carbocycles. The highest BCUT2D eigenvalue weighted by Crippen LogP contribution is 2.24. The summed E-state index contributed by atoms with van der Waals surface area (Å²) in [5.74, 6) is -0.235. The highest BCUT2D eigenvalue weighted by Gasteiger charge is 2.13. The molecule has 0 heterocycles. The number of allylic oxidation sites excluding steroid dienone is 1. The van der Waals surface area contributed by atoms with E-state index in [1.54, 1.807) is 18.2 Å². The largest absolute Gasteiger partial charge is 0.348 e. The summed E-state index contributed by atoms with van der Waals surface area (Å²) in [7, 11) is 0. The number of hydrogen-bond acceptors (Lipinski definition) is 2. The van der Waals surface area contributed by atoms with Crippen molar-refractivity contribution in [1.29, 1.82) is 0 Å². The van der Waals surface area contributed by atoms with Gasteiger partial charge in [0.15, 0.2) is 0 Å². The van der Waals surface area contributed by atoms with E-state index in [0.29, 0.717) is 12.1 Å². The SMILES string of the molecule is CC(C)=CC(=O)NCc1ccc(C(=O)N[C@@H](C)c2cccc3ccccc23)cc1. The predicted molar refractivity (Wildman–Crippen MR) is 118 cm³/mol. The molecule has 4 nitrogen and oxygen atoms in total. The van der Waals surface area contributed by atoms with E-state index in [1.165, 1.54) is 0 Å². The Kier molecular flexibility index (Phi) is 6.45. The van der Waals surface area contributed by atoms with Crippen LogP contribution >= 0.6 is 0 Å². The number of fused-ring (bicyclic) bond motifs is 1. The third kappa shape index (κ3) is 5.32. The van der Waals surface area contributed by atoms with Gasteiger partial charge in [0.25, 0.3) is 5.91 Å². The smallest absolute Gasteiger partial charge is 0.251 e. The highest BCUT2D eigenvalue weighted by atomic mass is 16.2. The van der Waals surface area contributed by atoms with Crippen LogP contribution in [0.25, 0.3) is 10.8 Å². The van der Waals surface area contributed by atoms with Crippen LogP contribution in [0.3, 0.4) is 0 Å². The van der Waals surface area contributed by atoms with Gasteiger partial charge in [-0.3, -0.25) is 9.59 Å². The second-order valence-corrected chi connectivity index (χ2v) is 7.40. The molecule has 4 heteroatoms. The topological polar surface area (TPSA) is 58.2 Å². The van der Waals surface area contributed by atoms with Crippen LogP contribution in [0.4, 0.5) is 0 Å². The Balaban J connectivity index is 1.64. The maximum atomic E-state index is 12.7. The molecule has 2 amide bonds. The molecule has 29 heavy (non-hydrogen) atoms. The molecule has 3 rings (SSSR count). The van der Waals surface area contributed by atoms with Gasteiger partial charge < -0.3 is 10.6 Å². The van der Waals surface area contributed by atoms with Crippen molar-refractivity contribution in [1.82, 2.24) is 10.6 Å². The number of nitrogens with one attached hydrogen (secondary N) is 2. The van der Waals surface area contributed by atoms with E-state index < -0.39 is 0 Å². The summed E-state index contributed by atoms with van der Waals surface area (Å²) in [5.41, 5.74) is 3.58. The van der Waals surface area contributed by atoms with Gasteiger partial charge in [0.05, 0.1) is 6.04 Å². The molecule has 0 saturated carbocycles. The monoisotopic (exact) mass is 386 g/mol. The fraction of sp³-hybridized carbons (Fsp3) is 0.200. The van der Waals surface area contributed by atoms with Gasteiger partial charge in [-0.2, -0.15) is 0 Å². The zero-order chi connectivity index (χ0) is 20.8. The summed E-state index contributed by atoms with van der Waals surface area (Å²) in [6.07, 6.45) is 1.57. The first-order valence-electron chi connectivity index (χ1n) is 9.74. The Morgan fingerprint density at radius 1 is 0.931 bits per heavy atom. The Morgan fingerprint density at radius 3 is 2.34 bits per heavy atom. The average Bonchev–Trinajstić information content (AvgIpc) is 2.71. The lowest BCUT2D eigenvalue weighted by Gasteiger charge is -2.17. The quantitative estimate of drug-likeness (QED) is 0.591. The zero-order valence-corrected chi connectivity index (χ0v) is 17.0. The van der Waals surface area contributed by atoms with Crippen LogP contribution in [0.1, 0.15) is 48.3 Å². The lowest BCUT2D eigenvalue weighted by molar-refractivity contribution is -0.116. The van der Waals surface area contributed by atoms with Gasteiger partial charge in [-0.25, -0.2) is 0 Å². The number of carbonyl (C=O) groups excluding carboxylic acids is 2. The van der Waals surface area contributed by atoms with Crippen LogP contribution in [0.2, 0.25) is 0 Å². The molecular formula is C25H26N2O2. The van der Waals surface area contributed by atoms with E-state index in [4.69, 9.17) is 0 Å². The summed E-state index contributed by atoms with van der Waals surface area (Å²) in [6, 6.07) is 21.5. The Labute approximate surface area is 171 Å². The van der Waals surface area contributed by atoms with Gasteiger partial charge >= 0.3 is 0 Å². The average molecular weight is 386 g/mol. The zero-order valence-electron chi connectivity index (χ0n) is 17.0. The van der Waals surface area contributed by atoms with Crippen molar-refractivity contribution in [2.24, 2.45) is 0 Å². The first-order chi connectivity index (χ1) is 13.9. The maximum Gasteiger partial charge on any atom is 0.251 e. The Bertz CT molecular complexity index is 1040. The minimum atomic E-state index is -0.120. The number of rotatable bonds is 6. The number of benzene rings is 3. The summed E-state index contributed by atoms with van der Waals surface area (Å²) in [4.78, 5) is 24.4. The third-order valence-corrected chi connectivity index (χ3v) is 4.74. The molecule has 2 N–H and O–H groups in total. The second kappa shape index (κ2) is 9.20. The predicted octanol–water partition coefficient (Wildman–Crippen LogP) is 4.91. The summed E-state index contributed by atoms with van der Waals surface area (Å²) < 4.78 is 0. The molecule has 0 spiro atoms. The van der Waals surface area contributed by atoms with Crippen LogP contribution in [0.15, 0.2) is 78.4 Å². The fourth-order valence-corrected chi connectivity index (χ4v) is 3.26. The van der Waals surface area contributed by atoms with Crippen LogP contribution in [0.5, 0.6) is 0 Å². The van der Waals surface area contributed by atoms with Crippen LogP contribution < -0.4 is 10.6 Å². The molecule has 0 unspecified atom stereocenters. The van der Waals surface area contributed by atoms with E-state index in [9.17, 15) is 9.59 Å². The molecule has 0 bridgehead atoms. The van der Waals surface area contributed by atoms with Crippen molar-refractivity contribution in [3.63, 3.8) is 0 Å². The summed E-state index contributed by atoms with van der Waals surface area (Å²) in [5, 5.41) is 8.22. The molecular weight excluding hydrogens is 360 g/mol. The van der Waals surface area contributed by atoms with Gasteiger partial charge in [0.1, 0.15) is 0 Å². The maximum absolute atomic E-state index is 12.7. The molecule has 148 valence electrons. The van der Waals surface area contributed by atoms with E-state index in [0.717, 1.165) is 27.5 Å². The Hall–Kier alpha value is -3.40. The van der Waals surface area contributed by atoms with Gasteiger partial charge in [0, 0.05) is 18.2 Å². The molecule has 0 aliphatic heterocycles. The normalized spacial score (nSPS) is 11.6. The van der Waals surface area contributed by atoms with Crippen LogP contribution in [0, 0.1) is 0 Å². The molecule has 0 aliphatic rings. The van der Waals surface area contributed by atoms with Gasteiger partial charge in [-0.05, 0) is 54.8 Å². The van der Waals surface area contributed by atoms with Crippen molar-refractivity contribution in [2.75, 3.05) is 0 Å². The molecule has 0 aromatic heterocycles. The highest BCUT2D eigenvalue weighted by molar-refractivity contribution is 5.95. The molecule has 0 saturated heterocycles. The minimum Gasteiger partial charge on any atom is -0.348 e. The lowest BCUT2D eigenvalue weighted by atomic mass is 9.99. The first kappa shape index (κ1) is 20.3. The van der Waals surface area contributed by atoms with Gasteiger partial charge in [0.2, 0.25) is 5.91 Å². The molecule has 3 aromatic carbocycles. The van der Waals surface area contributed by atoms with E-state index in [2.05, 4.69) is 28.8 Å². The van der Waals surface area contributed by atoms with Crippen molar-refractivity contribution < 1.29 is 9.59 Å². The van der Waals surface area contributed by atoms with Crippen LogP contribution in [-0.2, 0) is 11.3 Å². The minimum absolute atomic E-state index is 0.114. The summed E-state index contributed by atoms with van der Waals surface area (Å²) in [6.45, 7) is 6.18. The summed E-state index contributed by atoms with van der Waals surface area (Å²) >= 11 is 0. The third-order valence-electron chi connectivity index (χ3n) is 4.74. The number of hydrogen-bond donors (Lipinski definition) is 2. The van der Waals surface area contributed by atoms with E-state index in [-0.39, 0.29) is 17.9 Å². The Morgan fingerprint density at radius 2 is 1.62 bits per heavy atom. The van der Waals surface area contributed by atoms with Crippen molar-refractivity contribution in [3.8, 4) is 0 Å². The second-order valence-electron chi connectivity index (χ2n) is 7.40. The first-order valence-corrected chi connectivity index (χ1v) is 9.74. The van der Waals surface area contributed by atoms with E-state index >= 15 is 0 Å². The number of carbonyl (C=O) groups is 2.